The normalized spacial score (nSPS) is 11.1. The van der Waals surface area contributed by atoms with Crippen LogP contribution in [-0.4, -0.2) is 36.7 Å². The third-order valence-corrected chi connectivity index (χ3v) is 5.14. The molecule has 0 saturated carbocycles. The Hall–Kier alpha value is -2.93. The fourth-order valence-corrected chi connectivity index (χ4v) is 3.74. The third kappa shape index (κ3) is 3.25. The number of H-pyrrole nitrogens is 1. The Morgan fingerprint density at radius 2 is 1.88 bits per heavy atom. The highest BCUT2D eigenvalue weighted by Gasteiger charge is 2.17. The maximum absolute atomic E-state index is 12.8. The Morgan fingerprint density at radius 1 is 1.12 bits per heavy atom. The van der Waals surface area contributed by atoms with E-state index in [1.807, 2.05) is 61.5 Å². The van der Waals surface area contributed by atoms with Gasteiger partial charge in [0.1, 0.15) is 0 Å². The molecule has 0 aliphatic rings. The van der Waals surface area contributed by atoms with Gasteiger partial charge in [-0.05, 0) is 29.0 Å². The van der Waals surface area contributed by atoms with Crippen LogP contribution in [0.1, 0.15) is 21.6 Å². The Kier molecular flexibility index (Phi) is 4.53. The summed E-state index contributed by atoms with van der Waals surface area (Å²) in [5, 5.41) is 13.4. The average Bonchev–Trinajstić information content (AvgIpc) is 3.23. The predicted octanol–water partition coefficient (Wildman–Crippen LogP) is 3.49. The number of rotatable bonds is 6. The summed E-state index contributed by atoms with van der Waals surface area (Å²) in [5.41, 5.74) is 3.73. The van der Waals surface area contributed by atoms with Crippen LogP contribution in [0.15, 0.2) is 59.8 Å². The highest BCUT2D eigenvalue weighted by Crippen LogP contribution is 2.25. The number of Topliss-reactive ketones (excluding diaryl/α,β-unsaturated/α-hetero) is 1. The van der Waals surface area contributed by atoms with Crippen LogP contribution in [-0.2, 0) is 6.54 Å². The minimum atomic E-state index is 0.0687. The monoisotopic (exact) mass is 363 g/mol. The third-order valence-electron chi connectivity index (χ3n) is 4.18. The molecule has 0 aliphatic heterocycles. The highest BCUT2D eigenvalue weighted by molar-refractivity contribution is 7.99. The molecule has 0 radical (unpaired) electrons. The number of aryl methyl sites for hydroxylation is 1. The average molecular weight is 363 g/mol. The van der Waals surface area contributed by atoms with Crippen LogP contribution >= 0.6 is 11.8 Å². The fourth-order valence-electron chi connectivity index (χ4n) is 2.99. The van der Waals surface area contributed by atoms with E-state index >= 15 is 0 Å². The van der Waals surface area contributed by atoms with E-state index in [1.165, 1.54) is 11.8 Å². The molecule has 26 heavy (non-hydrogen) atoms. The number of aromatic amines is 1. The van der Waals surface area contributed by atoms with Gasteiger partial charge in [-0.1, -0.05) is 60.3 Å². The standard InChI is InChI=1S/C19H17N5OS/c1-13-18(15-9-5-6-10-16(15)20-13)17(25)12-26-19-21-22-23-24(19)11-14-7-3-2-4-8-14/h2-10,20H,11-12H2,1H3. The van der Waals surface area contributed by atoms with Crippen LogP contribution in [0.25, 0.3) is 10.9 Å². The smallest absolute Gasteiger partial charge is 0.210 e. The summed E-state index contributed by atoms with van der Waals surface area (Å²) in [6, 6.07) is 17.8. The van der Waals surface area contributed by atoms with Crippen molar-refractivity contribution in [2.24, 2.45) is 0 Å². The van der Waals surface area contributed by atoms with E-state index in [4.69, 9.17) is 0 Å². The van der Waals surface area contributed by atoms with Crippen LogP contribution in [0.3, 0.4) is 0 Å². The molecule has 0 aliphatic carbocycles. The van der Waals surface area contributed by atoms with Crippen LogP contribution in [0, 0.1) is 6.92 Å². The van der Waals surface area contributed by atoms with Crippen molar-refractivity contribution < 1.29 is 4.79 Å². The lowest BCUT2D eigenvalue weighted by Crippen LogP contribution is -2.07. The summed E-state index contributed by atoms with van der Waals surface area (Å²) in [7, 11) is 0. The topological polar surface area (TPSA) is 76.5 Å². The molecule has 4 rings (SSSR count). The number of nitrogens with zero attached hydrogens (tertiary/aromatic N) is 4. The molecule has 2 aromatic carbocycles. The molecule has 6 nitrogen and oxygen atoms in total. The number of fused-ring (bicyclic) bond motifs is 1. The van der Waals surface area contributed by atoms with E-state index < -0.39 is 0 Å². The summed E-state index contributed by atoms with van der Waals surface area (Å²) in [5.74, 6) is 0.358. The van der Waals surface area contributed by atoms with Gasteiger partial charge in [0.05, 0.1) is 12.3 Å². The Balaban J connectivity index is 1.50. The van der Waals surface area contributed by atoms with Crippen LogP contribution in [0.5, 0.6) is 0 Å². The fraction of sp³-hybridized carbons (Fsp3) is 0.158. The second kappa shape index (κ2) is 7.13. The van der Waals surface area contributed by atoms with E-state index in [2.05, 4.69) is 20.5 Å². The number of carbonyl (C=O) groups is 1. The van der Waals surface area contributed by atoms with Crippen molar-refractivity contribution in [3.63, 3.8) is 0 Å². The first kappa shape index (κ1) is 16.5. The van der Waals surface area contributed by atoms with Crippen molar-refractivity contribution >= 4 is 28.4 Å². The largest absolute Gasteiger partial charge is 0.358 e. The molecule has 0 fully saturated rings. The van der Waals surface area contributed by atoms with Crippen LogP contribution < -0.4 is 0 Å². The molecule has 130 valence electrons. The Labute approximate surface area is 154 Å². The molecule has 0 amide bonds. The summed E-state index contributed by atoms with van der Waals surface area (Å²) >= 11 is 1.36. The number of ketones is 1. The first-order valence-corrected chi connectivity index (χ1v) is 9.24. The second-order valence-electron chi connectivity index (χ2n) is 5.99. The van der Waals surface area contributed by atoms with Gasteiger partial charge in [0.25, 0.3) is 0 Å². The van der Waals surface area contributed by atoms with Gasteiger partial charge in [-0.3, -0.25) is 4.79 Å². The summed E-state index contributed by atoms with van der Waals surface area (Å²) < 4.78 is 1.72. The molecule has 4 aromatic rings. The summed E-state index contributed by atoms with van der Waals surface area (Å²) in [6.45, 7) is 2.51. The van der Waals surface area contributed by atoms with Gasteiger partial charge in [-0.2, -0.15) is 0 Å². The van der Waals surface area contributed by atoms with Gasteiger partial charge in [-0.15, -0.1) is 5.10 Å². The molecule has 0 bridgehead atoms. The zero-order chi connectivity index (χ0) is 17.9. The van der Waals surface area contributed by atoms with E-state index in [-0.39, 0.29) is 11.5 Å². The SMILES string of the molecule is Cc1[nH]c2ccccc2c1C(=O)CSc1nnnn1Cc1ccccc1. The Morgan fingerprint density at radius 3 is 2.73 bits per heavy atom. The molecule has 0 unspecified atom stereocenters. The minimum absolute atomic E-state index is 0.0687. The van der Waals surface area contributed by atoms with Crippen molar-refractivity contribution in [2.45, 2.75) is 18.6 Å². The number of hydrogen-bond donors (Lipinski definition) is 1. The van der Waals surface area contributed by atoms with Gasteiger partial charge in [0.2, 0.25) is 5.16 Å². The molecule has 2 aromatic heterocycles. The zero-order valence-electron chi connectivity index (χ0n) is 14.2. The lowest BCUT2D eigenvalue weighted by atomic mass is 10.1. The van der Waals surface area contributed by atoms with E-state index in [1.54, 1.807) is 4.68 Å². The summed E-state index contributed by atoms with van der Waals surface area (Å²) in [4.78, 5) is 16.1. The maximum Gasteiger partial charge on any atom is 0.210 e. The number of tetrazole rings is 1. The van der Waals surface area contributed by atoms with E-state index in [0.717, 1.165) is 27.7 Å². The van der Waals surface area contributed by atoms with E-state index in [9.17, 15) is 4.79 Å². The van der Waals surface area contributed by atoms with Gasteiger partial charge >= 0.3 is 0 Å². The predicted molar refractivity (Wildman–Crippen MR) is 101 cm³/mol. The van der Waals surface area contributed by atoms with Gasteiger partial charge in [0, 0.05) is 22.2 Å². The number of para-hydroxylation sites is 1. The highest BCUT2D eigenvalue weighted by atomic mass is 32.2. The lowest BCUT2D eigenvalue weighted by molar-refractivity contribution is 0.102. The van der Waals surface area contributed by atoms with E-state index in [0.29, 0.717) is 11.7 Å². The van der Waals surface area contributed by atoms with Crippen molar-refractivity contribution in [2.75, 3.05) is 5.75 Å². The molecule has 0 saturated heterocycles. The zero-order valence-corrected chi connectivity index (χ0v) is 15.0. The maximum atomic E-state index is 12.8. The molecule has 7 heteroatoms. The summed E-state index contributed by atoms with van der Waals surface area (Å²) in [6.07, 6.45) is 0. The molecular weight excluding hydrogens is 346 g/mol. The second-order valence-corrected chi connectivity index (χ2v) is 6.93. The van der Waals surface area contributed by atoms with Crippen LogP contribution in [0.2, 0.25) is 0 Å². The quantitative estimate of drug-likeness (QED) is 0.419. The van der Waals surface area contributed by atoms with Crippen molar-refractivity contribution in [3.05, 3.63) is 71.4 Å². The van der Waals surface area contributed by atoms with Gasteiger partial charge in [-0.25, -0.2) is 4.68 Å². The number of benzene rings is 2. The van der Waals surface area contributed by atoms with Crippen molar-refractivity contribution in [1.29, 1.82) is 0 Å². The van der Waals surface area contributed by atoms with Crippen LogP contribution in [0.4, 0.5) is 0 Å². The van der Waals surface area contributed by atoms with Gasteiger partial charge in [0.15, 0.2) is 5.78 Å². The van der Waals surface area contributed by atoms with Crippen molar-refractivity contribution in [1.82, 2.24) is 25.2 Å². The molecule has 2 heterocycles. The first-order chi connectivity index (χ1) is 12.7. The number of thioether (sulfide) groups is 1. The van der Waals surface area contributed by atoms with Crippen molar-refractivity contribution in [3.8, 4) is 0 Å². The number of hydrogen-bond acceptors (Lipinski definition) is 5. The lowest BCUT2D eigenvalue weighted by Gasteiger charge is -2.04. The number of nitrogens with one attached hydrogen (secondary N) is 1. The Bertz CT molecular complexity index is 1050. The number of carbonyl (C=O) groups excluding carboxylic acids is 1. The molecule has 0 spiro atoms. The molecular formula is C19H17N5OS. The molecule has 0 atom stereocenters. The number of aromatic nitrogens is 5. The first-order valence-electron chi connectivity index (χ1n) is 8.26. The minimum Gasteiger partial charge on any atom is -0.358 e. The molecule has 1 N–H and O–H groups in total. The van der Waals surface area contributed by atoms with Gasteiger partial charge < -0.3 is 4.98 Å².